The Hall–Kier alpha value is -0.240. The van der Waals surface area contributed by atoms with Gasteiger partial charge in [0.2, 0.25) is 0 Å². The van der Waals surface area contributed by atoms with Crippen LogP contribution in [0.4, 0.5) is 0 Å². The average molecular weight is 304 g/mol. The zero-order valence-corrected chi connectivity index (χ0v) is 13.4. The van der Waals surface area contributed by atoms with Crippen molar-refractivity contribution in [2.45, 2.75) is 25.8 Å². The van der Waals surface area contributed by atoms with E-state index >= 15 is 0 Å². The van der Waals surface area contributed by atoms with Crippen LogP contribution in [-0.4, -0.2) is 88.5 Å². The van der Waals surface area contributed by atoms with Crippen molar-refractivity contribution in [3.05, 3.63) is 0 Å². The van der Waals surface area contributed by atoms with Gasteiger partial charge in [-0.2, -0.15) is 0 Å². The van der Waals surface area contributed by atoms with Crippen LogP contribution in [0.2, 0.25) is 0 Å². The zero-order valence-electron chi connectivity index (χ0n) is 13.4. The third-order valence-electron chi connectivity index (χ3n) is 3.69. The fraction of sp³-hybridized carbons (Fsp3) is 1.00. The number of ether oxygens (including phenoxy) is 3. The lowest BCUT2D eigenvalue weighted by molar-refractivity contribution is 0.00782. The molecule has 0 aliphatic carbocycles. The van der Waals surface area contributed by atoms with Gasteiger partial charge in [-0.25, -0.2) is 0 Å². The van der Waals surface area contributed by atoms with Crippen molar-refractivity contribution in [3.63, 3.8) is 0 Å². The SMILES string of the molecule is CCN1CCC(NCCOCCOCCOCCO)CC1. The highest BCUT2D eigenvalue weighted by atomic mass is 16.5. The van der Waals surface area contributed by atoms with Crippen LogP contribution in [0.25, 0.3) is 0 Å². The Morgan fingerprint density at radius 1 is 0.952 bits per heavy atom. The third-order valence-corrected chi connectivity index (χ3v) is 3.69. The fourth-order valence-electron chi connectivity index (χ4n) is 2.39. The van der Waals surface area contributed by atoms with Gasteiger partial charge < -0.3 is 29.5 Å². The second-order valence-corrected chi connectivity index (χ2v) is 5.22. The molecule has 1 aliphatic heterocycles. The molecule has 0 radical (unpaired) electrons. The predicted octanol–water partition coefficient (Wildman–Crippen LogP) is 0.102. The first kappa shape index (κ1) is 18.8. The number of aliphatic hydroxyl groups is 1. The van der Waals surface area contributed by atoms with Crippen LogP contribution in [0, 0.1) is 0 Å². The van der Waals surface area contributed by atoms with Gasteiger partial charge in [-0.1, -0.05) is 6.92 Å². The largest absolute Gasteiger partial charge is 0.394 e. The standard InChI is InChI=1S/C15H32N2O4/c1-2-17-6-3-15(4-7-17)16-5-9-19-11-13-21-14-12-20-10-8-18/h15-16,18H,2-14H2,1H3. The van der Waals surface area contributed by atoms with Gasteiger partial charge in [0.1, 0.15) is 0 Å². The van der Waals surface area contributed by atoms with Crippen molar-refractivity contribution < 1.29 is 19.3 Å². The Morgan fingerprint density at radius 3 is 2.10 bits per heavy atom. The van der Waals surface area contributed by atoms with E-state index in [2.05, 4.69) is 17.1 Å². The van der Waals surface area contributed by atoms with Crippen LogP contribution < -0.4 is 5.32 Å². The van der Waals surface area contributed by atoms with Gasteiger partial charge in [0, 0.05) is 12.6 Å². The topological polar surface area (TPSA) is 63.2 Å². The van der Waals surface area contributed by atoms with Gasteiger partial charge in [0.25, 0.3) is 0 Å². The first-order valence-corrected chi connectivity index (χ1v) is 8.16. The van der Waals surface area contributed by atoms with E-state index in [9.17, 15) is 0 Å². The maximum absolute atomic E-state index is 8.52. The van der Waals surface area contributed by atoms with E-state index in [1.807, 2.05) is 0 Å². The summed E-state index contributed by atoms with van der Waals surface area (Å²) in [6, 6.07) is 0.649. The molecule has 0 aromatic carbocycles. The number of nitrogens with one attached hydrogen (secondary N) is 1. The summed E-state index contributed by atoms with van der Waals surface area (Å²) < 4.78 is 15.9. The minimum absolute atomic E-state index is 0.0631. The number of hydrogen-bond donors (Lipinski definition) is 2. The van der Waals surface area contributed by atoms with E-state index in [1.165, 1.54) is 32.5 Å². The number of hydrogen-bond acceptors (Lipinski definition) is 6. The highest BCUT2D eigenvalue weighted by molar-refractivity contribution is 4.76. The van der Waals surface area contributed by atoms with Crippen molar-refractivity contribution in [1.29, 1.82) is 0 Å². The van der Waals surface area contributed by atoms with Crippen molar-refractivity contribution in [2.75, 3.05) is 72.4 Å². The summed E-state index contributed by atoms with van der Waals surface area (Å²) in [5.41, 5.74) is 0. The summed E-state index contributed by atoms with van der Waals surface area (Å²) >= 11 is 0. The van der Waals surface area contributed by atoms with E-state index in [0.29, 0.717) is 39.1 Å². The molecule has 1 saturated heterocycles. The van der Waals surface area contributed by atoms with E-state index < -0.39 is 0 Å². The normalized spacial score (nSPS) is 17.4. The molecule has 2 N–H and O–H groups in total. The predicted molar refractivity (Wildman–Crippen MR) is 82.7 cm³/mol. The maximum Gasteiger partial charge on any atom is 0.0701 e. The summed E-state index contributed by atoms with van der Waals surface area (Å²) in [5, 5.41) is 12.1. The maximum atomic E-state index is 8.52. The molecule has 1 rings (SSSR count). The van der Waals surface area contributed by atoms with Gasteiger partial charge in [-0.3, -0.25) is 0 Å². The van der Waals surface area contributed by atoms with Crippen molar-refractivity contribution in [2.24, 2.45) is 0 Å². The van der Waals surface area contributed by atoms with E-state index in [-0.39, 0.29) is 6.61 Å². The Balaban J connectivity index is 1.77. The first-order valence-electron chi connectivity index (χ1n) is 8.16. The average Bonchev–Trinajstić information content (AvgIpc) is 2.53. The molecule has 0 amide bonds. The number of aliphatic hydroxyl groups excluding tert-OH is 1. The summed E-state index contributed by atoms with van der Waals surface area (Å²) in [5.74, 6) is 0. The third kappa shape index (κ3) is 10.2. The molecule has 21 heavy (non-hydrogen) atoms. The molecular formula is C15H32N2O4. The van der Waals surface area contributed by atoms with E-state index in [1.54, 1.807) is 0 Å². The molecule has 1 aliphatic rings. The monoisotopic (exact) mass is 304 g/mol. The molecule has 1 fully saturated rings. The highest BCUT2D eigenvalue weighted by Gasteiger charge is 2.16. The van der Waals surface area contributed by atoms with Crippen molar-refractivity contribution >= 4 is 0 Å². The molecule has 0 atom stereocenters. The van der Waals surface area contributed by atoms with Crippen LogP contribution in [0.1, 0.15) is 19.8 Å². The molecule has 6 heteroatoms. The Kier molecular flexibility index (Phi) is 12.0. The van der Waals surface area contributed by atoms with Gasteiger partial charge >= 0.3 is 0 Å². The summed E-state index contributed by atoms with van der Waals surface area (Å²) in [6.07, 6.45) is 2.48. The van der Waals surface area contributed by atoms with E-state index in [0.717, 1.165) is 13.2 Å². The lowest BCUT2D eigenvalue weighted by Crippen LogP contribution is -2.43. The van der Waals surface area contributed by atoms with Gasteiger partial charge in [-0.15, -0.1) is 0 Å². The quantitative estimate of drug-likeness (QED) is 0.471. The minimum atomic E-state index is 0.0631. The number of nitrogens with zero attached hydrogens (tertiary/aromatic N) is 1. The molecule has 1 heterocycles. The molecular weight excluding hydrogens is 272 g/mol. The fourth-order valence-corrected chi connectivity index (χ4v) is 2.39. The molecule has 0 aromatic heterocycles. The smallest absolute Gasteiger partial charge is 0.0701 e. The molecule has 6 nitrogen and oxygen atoms in total. The first-order chi connectivity index (χ1) is 10.4. The second kappa shape index (κ2) is 13.4. The van der Waals surface area contributed by atoms with Gasteiger partial charge in [-0.05, 0) is 32.5 Å². The molecule has 0 bridgehead atoms. The van der Waals surface area contributed by atoms with Crippen LogP contribution in [-0.2, 0) is 14.2 Å². The number of likely N-dealkylation sites (tertiary alicyclic amines) is 1. The lowest BCUT2D eigenvalue weighted by atomic mass is 10.1. The van der Waals surface area contributed by atoms with Crippen LogP contribution >= 0.6 is 0 Å². The van der Waals surface area contributed by atoms with Crippen LogP contribution in [0.15, 0.2) is 0 Å². The molecule has 0 unspecified atom stereocenters. The van der Waals surface area contributed by atoms with Crippen molar-refractivity contribution in [3.8, 4) is 0 Å². The van der Waals surface area contributed by atoms with Gasteiger partial charge in [0.05, 0.1) is 46.2 Å². The lowest BCUT2D eigenvalue weighted by Gasteiger charge is -2.31. The van der Waals surface area contributed by atoms with Gasteiger partial charge in [0.15, 0.2) is 0 Å². The molecule has 0 aromatic rings. The zero-order chi connectivity index (χ0) is 15.2. The summed E-state index contributed by atoms with van der Waals surface area (Å²) in [6.45, 7) is 10.2. The summed E-state index contributed by atoms with van der Waals surface area (Å²) in [4.78, 5) is 2.50. The van der Waals surface area contributed by atoms with Crippen LogP contribution in [0.5, 0.6) is 0 Å². The Labute approximate surface area is 128 Å². The molecule has 126 valence electrons. The summed E-state index contributed by atoms with van der Waals surface area (Å²) in [7, 11) is 0. The minimum Gasteiger partial charge on any atom is -0.394 e. The van der Waals surface area contributed by atoms with Crippen LogP contribution in [0.3, 0.4) is 0 Å². The Bertz CT molecular complexity index is 224. The molecule has 0 saturated carbocycles. The number of rotatable bonds is 13. The second-order valence-electron chi connectivity index (χ2n) is 5.22. The molecule has 0 spiro atoms. The number of piperidine rings is 1. The van der Waals surface area contributed by atoms with Crippen molar-refractivity contribution in [1.82, 2.24) is 10.2 Å². The van der Waals surface area contributed by atoms with E-state index in [4.69, 9.17) is 19.3 Å². The highest BCUT2D eigenvalue weighted by Crippen LogP contribution is 2.09. The Morgan fingerprint density at radius 2 is 1.52 bits per heavy atom.